The summed E-state index contributed by atoms with van der Waals surface area (Å²) in [7, 11) is 0. The number of fused-ring (bicyclic) bond motifs is 2. The van der Waals surface area contributed by atoms with Gasteiger partial charge in [-0.05, 0) is 60.0 Å². The summed E-state index contributed by atoms with van der Waals surface area (Å²) in [6.45, 7) is 1.97. The van der Waals surface area contributed by atoms with Crippen LogP contribution in [0.2, 0.25) is 0 Å². The lowest BCUT2D eigenvalue weighted by atomic mass is 10.0. The van der Waals surface area contributed by atoms with Gasteiger partial charge >= 0.3 is 0 Å². The molecule has 2 heterocycles. The van der Waals surface area contributed by atoms with Gasteiger partial charge in [-0.2, -0.15) is 0 Å². The fraction of sp³-hybridized carbons (Fsp3) is 0.0526. The summed E-state index contributed by atoms with van der Waals surface area (Å²) in [5.74, 6) is 1.40. The van der Waals surface area contributed by atoms with Crippen LogP contribution < -0.4 is 15.8 Å². The number of aryl methyl sites for hydroxylation is 1. The topological polar surface area (TPSA) is 77.2 Å². The minimum absolute atomic E-state index is 0.196. The first-order chi connectivity index (χ1) is 11.6. The van der Waals surface area contributed by atoms with Crippen molar-refractivity contribution in [2.75, 3.05) is 11.1 Å². The Bertz CT molecular complexity index is 967. The van der Waals surface area contributed by atoms with E-state index >= 15 is 0 Å². The Hall–Kier alpha value is -3.34. The molecule has 2 aromatic carbocycles. The summed E-state index contributed by atoms with van der Waals surface area (Å²) in [6, 6.07) is 14.8. The quantitative estimate of drug-likeness (QED) is 0.711. The van der Waals surface area contributed by atoms with Crippen LogP contribution in [0.15, 0.2) is 54.7 Å². The highest BCUT2D eigenvalue weighted by Gasteiger charge is 2.21. The molecule has 5 heteroatoms. The number of carbonyl (C=O) groups is 1. The van der Waals surface area contributed by atoms with Crippen LogP contribution in [0.25, 0.3) is 11.1 Å². The molecule has 118 valence electrons. The lowest BCUT2D eigenvalue weighted by Gasteiger charge is -2.09. The second-order valence-corrected chi connectivity index (χ2v) is 5.74. The van der Waals surface area contributed by atoms with Gasteiger partial charge in [0.15, 0.2) is 5.75 Å². The van der Waals surface area contributed by atoms with Crippen molar-refractivity contribution in [3.05, 3.63) is 65.9 Å². The average molecular weight is 317 g/mol. The van der Waals surface area contributed by atoms with Crippen molar-refractivity contribution in [3.8, 4) is 22.6 Å². The second-order valence-electron chi connectivity index (χ2n) is 5.74. The Morgan fingerprint density at radius 1 is 1.00 bits per heavy atom. The first-order valence-corrected chi connectivity index (χ1v) is 7.56. The third-order valence-electron chi connectivity index (χ3n) is 3.94. The molecule has 3 N–H and O–H groups in total. The number of aromatic nitrogens is 1. The van der Waals surface area contributed by atoms with Gasteiger partial charge in [-0.3, -0.25) is 4.79 Å². The summed E-state index contributed by atoms with van der Waals surface area (Å²) in [6.07, 6.45) is 1.64. The third-order valence-corrected chi connectivity index (χ3v) is 3.94. The largest absolute Gasteiger partial charge is 0.454 e. The molecule has 0 fully saturated rings. The van der Waals surface area contributed by atoms with Crippen LogP contribution in [0, 0.1) is 6.92 Å². The van der Waals surface area contributed by atoms with Crippen LogP contribution in [0.5, 0.6) is 11.5 Å². The van der Waals surface area contributed by atoms with Crippen LogP contribution in [-0.4, -0.2) is 10.9 Å². The predicted octanol–water partition coefficient (Wildman–Crippen LogP) is 4.00. The summed E-state index contributed by atoms with van der Waals surface area (Å²) < 4.78 is 5.92. The Morgan fingerprint density at radius 2 is 1.79 bits per heavy atom. The van der Waals surface area contributed by atoms with Crippen molar-refractivity contribution in [1.29, 1.82) is 0 Å². The van der Waals surface area contributed by atoms with Crippen molar-refractivity contribution in [3.63, 3.8) is 0 Å². The summed E-state index contributed by atoms with van der Waals surface area (Å²) in [5.41, 5.74) is 9.73. The summed E-state index contributed by atoms with van der Waals surface area (Å²) in [5, 5.41) is 2.91. The molecule has 4 rings (SSSR count). The minimum Gasteiger partial charge on any atom is -0.454 e. The van der Waals surface area contributed by atoms with Gasteiger partial charge in [0.1, 0.15) is 11.6 Å². The first-order valence-electron chi connectivity index (χ1n) is 7.56. The van der Waals surface area contributed by atoms with E-state index in [-0.39, 0.29) is 5.91 Å². The zero-order valence-electron chi connectivity index (χ0n) is 13.0. The van der Waals surface area contributed by atoms with Crippen molar-refractivity contribution in [1.82, 2.24) is 4.98 Å². The highest BCUT2D eigenvalue weighted by molar-refractivity contribution is 6.08. The molecular formula is C19H15N3O2. The maximum atomic E-state index is 12.6. The van der Waals surface area contributed by atoms with Crippen LogP contribution in [-0.2, 0) is 0 Å². The standard InChI is InChI=1S/C19H15N3O2/c1-11-2-4-17-15(8-11)22-19(23)14-9-12(3-5-16(14)24-17)13-6-7-21-18(20)10-13/h2-10H,1H3,(H2,20,21)(H,22,23). The molecule has 1 amide bonds. The molecule has 0 saturated heterocycles. The van der Waals surface area contributed by atoms with E-state index in [0.29, 0.717) is 28.6 Å². The van der Waals surface area contributed by atoms with Gasteiger partial charge < -0.3 is 15.8 Å². The van der Waals surface area contributed by atoms with Crippen LogP contribution >= 0.6 is 0 Å². The molecule has 0 radical (unpaired) electrons. The molecule has 0 bridgehead atoms. The minimum atomic E-state index is -0.196. The van der Waals surface area contributed by atoms with E-state index in [4.69, 9.17) is 10.5 Å². The summed E-state index contributed by atoms with van der Waals surface area (Å²) >= 11 is 0. The molecule has 1 aliphatic heterocycles. The number of anilines is 2. The number of benzene rings is 2. The number of amides is 1. The molecule has 5 nitrogen and oxygen atoms in total. The predicted molar refractivity (Wildman–Crippen MR) is 93.3 cm³/mol. The Balaban J connectivity index is 1.80. The van der Waals surface area contributed by atoms with E-state index in [0.717, 1.165) is 16.7 Å². The van der Waals surface area contributed by atoms with Crippen LogP contribution in [0.4, 0.5) is 11.5 Å². The molecule has 0 saturated carbocycles. The number of nitrogens with zero attached hydrogens (tertiary/aromatic N) is 1. The number of nitrogen functional groups attached to an aromatic ring is 1. The van der Waals surface area contributed by atoms with E-state index in [1.165, 1.54) is 0 Å². The normalized spacial score (nSPS) is 12.5. The Morgan fingerprint density at radius 3 is 2.62 bits per heavy atom. The van der Waals surface area contributed by atoms with Crippen molar-refractivity contribution < 1.29 is 9.53 Å². The SMILES string of the molecule is Cc1ccc2c(c1)NC(=O)c1cc(-c3ccnc(N)c3)ccc1O2. The first kappa shape index (κ1) is 14.3. The molecule has 3 aromatic rings. The molecule has 0 aliphatic carbocycles. The highest BCUT2D eigenvalue weighted by atomic mass is 16.5. The Kier molecular flexibility index (Phi) is 3.20. The van der Waals surface area contributed by atoms with Gasteiger partial charge in [-0.15, -0.1) is 0 Å². The van der Waals surface area contributed by atoms with Crippen molar-refractivity contribution in [2.24, 2.45) is 0 Å². The highest BCUT2D eigenvalue weighted by Crippen LogP contribution is 2.37. The van der Waals surface area contributed by atoms with E-state index in [9.17, 15) is 4.79 Å². The van der Waals surface area contributed by atoms with E-state index in [1.807, 2.05) is 37.3 Å². The maximum Gasteiger partial charge on any atom is 0.259 e. The average Bonchev–Trinajstić information content (AvgIpc) is 2.70. The number of hydrogen-bond donors (Lipinski definition) is 2. The van der Waals surface area contributed by atoms with Gasteiger partial charge in [-0.1, -0.05) is 12.1 Å². The van der Waals surface area contributed by atoms with Crippen molar-refractivity contribution >= 4 is 17.4 Å². The van der Waals surface area contributed by atoms with Gasteiger partial charge in [0, 0.05) is 6.20 Å². The molecule has 1 aliphatic rings. The Labute approximate surface area is 139 Å². The smallest absolute Gasteiger partial charge is 0.259 e. The van der Waals surface area contributed by atoms with Gasteiger partial charge in [0.05, 0.1) is 11.3 Å². The van der Waals surface area contributed by atoms with Gasteiger partial charge in [0.2, 0.25) is 0 Å². The molecule has 0 unspecified atom stereocenters. The number of ether oxygens (including phenoxy) is 1. The monoisotopic (exact) mass is 317 g/mol. The van der Waals surface area contributed by atoms with E-state index in [1.54, 1.807) is 24.4 Å². The second kappa shape index (κ2) is 5.38. The molecule has 1 aromatic heterocycles. The number of rotatable bonds is 1. The third kappa shape index (κ3) is 2.46. The number of hydrogen-bond acceptors (Lipinski definition) is 4. The molecule has 0 atom stereocenters. The van der Waals surface area contributed by atoms with Crippen molar-refractivity contribution in [2.45, 2.75) is 6.92 Å². The van der Waals surface area contributed by atoms with Gasteiger partial charge in [-0.25, -0.2) is 4.98 Å². The molecule has 24 heavy (non-hydrogen) atoms. The lowest BCUT2D eigenvalue weighted by Crippen LogP contribution is -2.10. The fourth-order valence-electron chi connectivity index (χ4n) is 2.74. The van der Waals surface area contributed by atoms with E-state index < -0.39 is 0 Å². The number of nitrogens with two attached hydrogens (primary N) is 1. The number of carbonyl (C=O) groups excluding carboxylic acids is 1. The number of nitrogens with one attached hydrogen (secondary N) is 1. The lowest BCUT2D eigenvalue weighted by molar-refractivity contribution is 0.102. The van der Waals surface area contributed by atoms with Crippen LogP contribution in [0.1, 0.15) is 15.9 Å². The number of pyridine rings is 1. The van der Waals surface area contributed by atoms with Gasteiger partial charge in [0.25, 0.3) is 5.91 Å². The zero-order chi connectivity index (χ0) is 16.7. The fourth-order valence-corrected chi connectivity index (χ4v) is 2.74. The zero-order valence-corrected chi connectivity index (χ0v) is 13.0. The summed E-state index contributed by atoms with van der Waals surface area (Å²) in [4.78, 5) is 16.6. The molecule has 0 spiro atoms. The maximum absolute atomic E-state index is 12.6. The van der Waals surface area contributed by atoms with Crippen LogP contribution in [0.3, 0.4) is 0 Å². The van der Waals surface area contributed by atoms with E-state index in [2.05, 4.69) is 10.3 Å². The molecular weight excluding hydrogens is 302 g/mol.